The quantitative estimate of drug-likeness (QED) is 0.560. The lowest BCUT2D eigenvalue weighted by atomic mass is 9.93. The molecule has 0 saturated heterocycles. The molecule has 0 radical (unpaired) electrons. The number of nitrogens with one attached hydrogen (secondary N) is 2. The Morgan fingerprint density at radius 2 is 1.91 bits per heavy atom. The molecule has 2 heterocycles. The molecular weight excluding hydrogens is 414 g/mol. The first-order chi connectivity index (χ1) is 16.3. The van der Waals surface area contributed by atoms with E-state index in [1.54, 1.807) is 6.20 Å². The first kappa shape index (κ1) is 21.5. The van der Waals surface area contributed by atoms with Crippen LogP contribution in [0.25, 0.3) is 0 Å². The molecule has 2 N–H and O–H groups in total. The normalized spacial score (nSPS) is 18.0. The third-order valence-electron chi connectivity index (χ3n) is 6.61. The first-order valence-corrected chi connectivity index (χ1v) is 12.0. The summed E-state index contributed by atoms with van der Waals surface area (Å²) in [6.07, 6.45) is 11.4. The zero-order chi connectivity index (χ0) is 22.5. The van der Waals surface area contributed by atoms with Crippen molar-refractivity contribution in [2.75, 3.05) is 0 Å². The average Bonchev–Trinajstić information content (AvgIpc) is 3.50. The zero-order valence-corrected chi connectivity index (χ0v) is 18.9. The van der Waals surface area contributed by atoms with E-state index in [-0.39, 0.29) is 18.2 Å². The van der Waals surface area contributed by atoms with Crippen molar-refractivity contribution in [1.29, 1.82) is 0 Å². The number of hydrogen-bond acceptors (Lipinski definition) is 4. The molecule has 0 aliphatic heterocycles. The topological polar surface area (TPSA) is 81.1 Å². The Labute approximate surface area is 194 Å². The van der Waals surface area contributed by atoms with Crippen molar-refractivity contribution in [1.82, 2.24) is 25.4 Å². The number of benzene rings is 1. The number of urea groups is 1. The highest BCUT2D eigenvalue weighted by atomic mass is 16.5. The monoisotopic (exact) mass is 445 g/mol. The van der Waals surface area contributed by atoms with Crippen LogP contribution in [-0.2, 0) is 19.5 Å². The number of pyridine rings is 1. The average molecular weight is 446 g/mol. The van der Waals surface area contributed by atoms with Gasteiger partial charge in [0.15, 0.2) is 0 Å². The minimum atomic E-state index is -0.181. The summed E-state index contributed by atoms with van der Waals surface area (Å²) in [5.41, 5.74) is 4.47. The number of nitrogens with zero attached hydrogens (tertiary/aromatic N) is 3. The Kier molecular flexibility index (Phi) is 6.56. The van der Waals surface area contributed by atoms with Gasteiger partial charge in [-0.05, 0) is 56.6 Å². The van der Waals surface area contributed by atoms with Crippen molar-refractivity contribution in [2.24, 2.45) is 0 Å². The second kappa shape index (κ2) is 10.1. The van der Waals surface area contributed by atoms with Gasteiger partial charge in [-0.15, -0.1) is 0 Å². The van der Waals surface area contributed by atoms with Gasteiger partial charge in [0.2, 0.25) is 5.88 Å². The van der Waals surface area contributed by atoms with E-state index in [1.807, 2.05) is 36.5 Å². The predicted octanol–water partition coefficient (Wildman–Crippen LogP) is 4.52. The molecule has 0 bridgehead atoms. The fourth-order valence-corrected chi connectivity index (χ4v) is 4.87. The Bertz CT molecular complexity index is 1080. The summed E-state index contributed by atoms with van der Waals surface area (Å²) in [4.78, 5) is 17.1. The van der Waals surface area contributed by atoms with Crippen molar-refractivity contribution in [2.45, 2.75) is 70.2 Å². The number of aromatic nitrogens is 3. The van der Waals surface area contributed by atoms with Crippen LogP contribution in [-0.4, -0.2) is 26.9 Å². The van der Waals surface area contributed by atoms with E-state index in [2.05, 4.69) is 37.5 Å². The maximum atomic E-state index is 12.7. The second-order valence-corrected chi connectivity index (χ2v) is 8.95. The Morgan fingerprint density at radius 1 is 1.06 bits per heavy atom. The lowest BCUT2D eigenvalue weighted by Crippen LogP contribution is -2.38. The molecule has 1 unspecified atom stereocenters. The molecule has 172 valence electrons. The van der Waals surface area contributed by atoms with Crippen LogP contribution in [0.5, 0.6) is 5.88 Å². The van der Waals surface area contributed by atoms with Crippen LogP contribution in [0.4, 0.5) is 4.79 Å². The van der Waals surface area contributed by atoms with Gasteiger partial charge < -0.3 is 15.4 Å². The largest absolute Gasteiger partial charge is 0.474 e. The highest BCUT2D eigenvalue weighted by Gasteiger charge is 2.26. The lowest BCUT2D eigenvalue weighted by Gasteiger charge is -2.24. The van der Waals surface area contributed by atoms with Gasteiger partial charge >= 0.3 is 6.03 Å². The summed E-state index contributed by atoms with van der Waals surface area (Å²) in [5, 5.41) is 10.8. The number of hydrogen-bond donors (Lipinski definition) is 2. The van der Waals surface area contributed by atoms with Crippen molar-refractivity contribution in [3.63, 3.8) is 0 Å². The molecule has 5 rings (SSSR count). The van der Waals surface area contributed by atoms with Crippen LogP contribution in [0.15, 0.2) is 54.9 Å². The highest BCUT2D eigenvalue weighted by Crippen LogP contribution is 2.30. The van der Waals surface area contributed by atoms with Gasteiger partial charge in [0, 0.05) is 29.6 Å². The molecule has 2 aromatic heterocycles. The summed E-state index contributed by atoms with van der Waals surface area (Å²) >= 11 is 0. The molecule has 2 amide bonds. The van der Waals surface area contributed by atoms with Crippen LogP contribution < -0.4 is 15.4 Å². The number of rotatable bonds is 7. The SMILES string of the molecule is O=C(NCc1cccnc1OC1CCCC1)NC1CCCc2c1cnn2Cc1ccccc1. The Balaban J connectivity index is 1.20. The number of carbonyl (C=O) groups is 1. The molecule has 0 spiro atoms. The van der Waals surface area contributed by atoms with E-state index in [1.165, 1.54) is 24.1 Å². The van der Waals surface area contributed by atoms with Crippen LogP contribution in [0, 0.1) is 0 Å². The van der Waals surface area contributed by atoms with Gasteiger partial charge in [-0.2, -0.15) is 5.10 Å². The van der Waals surface area contributed by atoms with Crippen molar-refractivity contribution in [3.05, 3.63) is 77.2 Å². The molecule has 7 heteroatoms. The Morgan fingerprint density at radius 3 is 2.76 bits per heavy atom. The maximum absolute atomic E-state index is 12.7. The molecule has 1 aromatic carbocycles. The van der Waals surface area contributed by atoms with E-state index < -0.39 is 0 Å². The van der Waals surface area contributed by atoms with Gasteiger partial charge in [-0.25, -0.2) is 9.78 Å². The van der Waals surface area contributed by atoms with Crippen molar-refractivity contribution < 1.29 is 9.53 Å². The summed E-state index contributed by atoms with van der Waals surface area (Å²) in [5.74, 6) is 0.631. The fraction of sp³-hybridized carbons (Fsp3) is 0.423. The molecule has 7 nitrogen and oxygen atoms in total. The standard InChI is InChI=1S/C26H31N5O2/c32-26(28-16-20-10-7-15-27-25(20)33-21-11-4-5-12-21)30-23-13-6-14-24-22(23)17-29-31(24)18-19-8-2-1-3-9-19/h1-3,7-10,15,17,21,23H,4-6,11-14,16,18H2,(H2,28,30,32). The summed E-state index contributed by atoms with van der Waals surface area (Å²) in [7, 11) is 0. The van der Waals surface area contributed by atoms with Gasteiger partial charge in [0.1, 0.15) is 6.10 Å². The summed E-state index contributed by atoms with van der Waals surface area (Å²) in [6.45, 7) is 1.13. The highest BCUT2D eigenvalue weighted by molar-refractivity contribution is 5.74. The minimum Gasteiger partial charge on any atom is -0.474 e. The fourth-order valence-electron chi connectivity index (χ4n) is 4.87. The molecule has 2 aliphatic carbocycles. The van der Waals surface area contributed by atoms with Crippen LogP contribution in [0.1, 0.15) is 67.0 Å². The molecule has 33 heavy (non-hydrogen) atoms. The van der Waals surface area contributed by atoms with Gasteiger partial charge in [0.05, 0.1) is 18.8 Å². The predicted molar refractivity (Wildman–Crippen MR) is 126 cm³/mol. The maximum Gasteiger partial charge on any atom is 0.315 e. The molecule has 2 aliphatic rings. The number of fused-ring (bicyclic) bond motifs is 1. The third kappa shape index (κ3) is 5.18. The van der Waals surface area contributed by atoms with E-state index in [0.29, 0.717) is 12.4 Å². The summed E-state index contributed by atoms with van der Waals surface area (Å²) in [6, 6.07) is 14.0. The van der Waals surface area contributed by atoms with Crippen molar-refractivity contribution >= 4 is 6.03 Å². The molecule has 1 saturated carbocycles. The summed E-state index contributed by atoms with van der Waals surface area (Å²) < 4.78 is 8.16. The molecule has 1 fully saturated rings. The van der Waals surface area contributed by atoms with E-state index >= 15 is 0 Å². The van der Waals surface area contributed by atoms with Crippen molar-refractivity contribution in [3.8, 4) is 5.88 Å². The minimum absolute atomic E-state index is 0.0265. The molecule has 3 aromatic rings. The van der Waals surface area contributed by atoms with E-state index in [4.69, 9.17) is 4.74 Å². The van der Waals surface area contributed by atoms with Gasteiger partial charge in [-0.1, -0.05) is 36.4 Å². The number of amides is 2. The van der Waals surface area contributed by atoms with E-state index in [9.17, 15) is 4.79 Å². The van der Waals surface area contributed by atoms with Crippen LogP contribution >= 0.6 is 0 Å². The first-order valence-electron chi connectivity index (χ1n) is 12.0. The number of carbonyl (C=O) groups excluding carboxylic acids is 1. The number of ether oxygens (including phenoxy) is 1. The smallest absolute Gasteiger partial charge is 0.315 e. The van der Waals surface area contributed by atoms with Gasteiger partial charge in [-0.3, -0.25) is 4.68 Å². The molecule has 1 atom stereocenters. The molecular formula is C26H31N5O2. The van der Waals surface area contributed by atoms with E-state index in [0.717, 1.165) is 49.8 Å². The lowest BCUT2D eigenvalue weighted by molar-refractivity contribution is 0.198. The van der Waals surface area contributed by atoms with Gasteiger partial charge in [0.25, 0.3) is 0 Å². The van der Waals surface area contributed by atoms with Crippen LogP contribution in [0.2, 0.25) is 0 Å². The Hall–Kier alpha value is -3.35. The third-order valence-corrected chi connectivity index (χ3v) is 6.61. The second-order valence-electron chi connectivity index (χ2n) is 8.95. The zero-order valence-electron chi connectivity index (χ0n) is 18.9. The van der Waals surface area contributed by atoms with Crippen LogP contribution in [0.3, 0.4) is 0 Å².